The molecule has 0 aliphatic heterocycles. The summed E-state index contributed by atoms with van der Waals surface area (Å²) in [6.45, 7) is 0. The van der Waals surface area contributed by atoms with Crippen LogP contribution in [0.25, 0.3) is 0 Å². The molecule has 0 heterocycles. The van der Waals surface area contributed by atoms with E-state index in [0.29, 0.717) is 11.4 Å². The van der Waals surface area contributed by atoms with Crippen molar-refractivity contribution in [2.45, 2.75) is 19.3 Å². The third-order valence-electron chi connectivity index (χ3n) is 1.99. The van der Waals surface area contributed by atoms with Crippen molar-refractivity contribution in [3.63, 3.8) is 0 Å². The van der Waals surface area contributed by atoms with Gasteiger partial charge in [-0.2, -0.15) is 0 Å². The van der Waals surface area contributed by atoms with Crippen LogP contribution in [0.1, 0.15) is 19.3 Å². The Kier molecular flexibility index (Phi) is 6.39. The summed E-state index contributed by atoms with van der Waals surface area (Å²) >= 11 is 12.5. The second kappa shape index (κ2) is 7.30. The molecule has 0 fully saturated rings. The standard InChI is InChI=1S/C11H12Br2ClNO/c12-6-2-1-3-11(16)15-8-4-5-9(13)10(14)7-8/h4-5,7H,1-3,6H2,(H,15,16). The highest BCUT2D eigenvalue weighted by molar-refractivity contribution is 9.10. The van der Waals surface area contributed by atoms with Gasteiger partial charge in [-0.15, -0.1) is 0 Å². The smallest absolute Gasteiger partial charge is 0.224 e. The molecule has 1 amide bonds. The zero-order valence-corrected chi connectivity index (χ0v) is 12.5. The van der Waals surface area contributed by atoms with Crippen molar-refractivity contribution in [2.75, 3.05) is 10.6 Å². The van der Waals surface area contributed by atoms with Gasteiger partial charge in [-0.1, -0.05) is 27.5 Å². The molecule has 5 heteroatoms. The molecule has 0 aromatic heterocycles. The quantitative estimate of drug-likeness (QED) is 0.596. The van der Waals surface area contributed by atoms with E-state index in [2.05, 4.69) is 37.2 Å². The van der Waals surface area contributed by atoms with Crippen molar-refractivity contribution in [2.24, 2.45) is 0 Å². The summed E-state index contributed by atoms with van der Waals surface area (Å²) in [7, 11) is 0. The number of alkyl halides is 1. The van der Waals surface area contributed by atoms with Gasteiger partial charge < -0.3 is 5.32 Å². The maximum absolute atomic E-state index is 11.5. The lowest BCUT2D eigenvalue weighted by Crippen LogP contribution is -2.11. The van der Waals surface area contributed by atoms with Crippen LogP contribution >= 0.6 is 43.5 Å². The SMILES string of the molecule is O=C(CCCCBr)Nc1ccc(Br)c(Cl)c1. The van der Waals surface area contributed by atoms with E-state index in [1.165, 1.54) is 0 Å². The fraction of sp³-hybridized carbons (Fsp3) is 0.364. The number of halogens is 3. The number of carbonyl (C=O) groups excluding carboxylic acids is 1. The molecule has 0 spiro atoms. The van der Waals surface area contributed by atoms with Crippen LogP contribution in [0.4, 0.5) is 5.69 Å². The van der Waals surface area contributed by atoms with E-state index < -0.39 is 0 Å². The minimum atomic E-state index is 0.0272. The summed E-state index contributed by atoms with van der Waals surface area (Å²) in [6.07, 6.45) is 2.44. The topological polar surface area (TPSA) is 29.1 Å². The van der Waals surface area contributed by atoms with E-state index in [0.717, 1.165) is 28.3 Å². The van der Waals surface area contributed by atoms with Gasteiger partial charge in [-0.3, -0.25) is 4.79 Å². The van der Waals surface area contributed by atoms with Crippen molar-refractivity contribution in [1.82, 2.24) is 0 Å². The van der Waals surface area contributed by atoms with Crippen LogP contribution in [-0.2, 0) is 4.79 Å². The average molecular weight is 369 g/mol. The van der Waals surface area contributed by atoms with Gasteiger partial charge in [0, 0.05) is 21.9 Å². The highest BCUT2D eigenvalue weighted by Gasteiger charge is 2.03. The minimum absolute atomic E-state index is 0.0272. The van der Waals surface area contributed by atoms with Crippen molar-refractivity contribution in [3.05, 3.63) is 27.7 Å². The van der Waals surface area contributed by atoms with Gasteiger partial charge in [0.15, 0.2) is 0 Å². The number of hydrogen-bond donors (Lipinski definition) is 1. The minimum Gasteiger partial charge on any atom is -0.326 e. The monoisotopic (exact) mass is 367 g/mol. The van der Waals surface area contributed by atoms with E-state index in [4.69, 9.17) is 11.6 Å². The van der Waals surface area contributed by atoms with Gasteiger partial charge in [-0.05, 0) is 47.0 Å². The number of carbonyl (C=O) groups is 1. The summed E-state index contributed by atoms with van der Waals surface area (Å²) in [4.78, 5) is 11.5. The lowest BCUT2D eigenvalue weighted by Gasteiger charge is -2.05. The second-order valence-corrected chi connectivity index (χ2v) is 5.38. The largest absolute Gasteiger partial charge is 0.326 e. The molecule has 2 nitrogen and oxygen atoms in total. The van der Waals surface area contributed by atoms with E-state index in [1.54, 1.807) is 6.07 Å². The van der Waals surface area contributed by atoms with Crippen molar-refractivity contribution >= 4 is 55.1 Å². The van der Waals surface area contributed by atoms with Crippen molar-refractivity contribution < 1.29 is 4.79 Å². The zero-order valence-electron chi connectivity index (χ0n) is 8.60. The van der Waals surface area contributed by atoms with Crippen LogP contribution in [0.5, 0.6) is 0 Å². The first-order valence-electron chi connectivity index (χ1n) is 4.94. The first kappa shape index (κ1) is 14.0. The number of nitrogens with one attached hydrogen (secondary N) is 1. The molecule has 0 radical (unpaired) electrons. The lowest BCUT2D eigenvalue weighted by molar-refractivity contribution is -0.116. The highest BCUT2D eigenvalue weighted by Crippen LogP contribution is 2.25. The Morgan fingerprint density at radius 2 is 2.12 bits per heavy atom. The Bertz CT molecular complexity index is 371. The molecular formula is C11H12Br2ClNO. The third-order valence-corrected chi connectivity index (χ3v) is 3.78. The molecule has 1 aromatic carbocycles. The number of anilines is 1. The van der Waals surface area contributed by atoms with E-state index in [1.807, 2.05) is 12.1 Å². The zero-order chi connectivity index (χ0) is 12.0. The molecule has 0 atom stereocenters. The van der Waals surface area contributed by atoms with Gasteiger partial charge in [0.2, 0.25) is 5.91 Å². The number of amides is 1. The number of benzene rings is 1. The Hall–Kier alpha value is -0.0600. The molecule has 0 saturated heterocycles. The molecule has 16 heavy (non-hydrogen) atoms. The molecule has 1 aromatic rings. The van der Waals surface area contributed by atoms with Gasteiger partial charge in [0.1, 0.15) is 0 Å². The van der Waals surface area contributed by atoms with Gasteiger partial charge in [0.25, 0.3) is 0 Å². The summed E-state index contributed by atoms with van der Waals surface area (Å²) in [5.41, 5.74) is 0.733. The molecular weight excluding hydrogens is 357 g/mol. The predicted molar refractivity (Wildman–Crippen MR) is 75.4 cm³/mol. The van der Waals surface area contributed by atoms with E-state index >= 15 is 0 Å². The van der Waals surface area contributed by atoms with Crippen LogP contribution in [0.15, 0.2) is 22.7 Å². The molecule has 88 valence electrons. The molecule has 1 N–H and O–H groups in total. The van der Waals surface area contributed by atoms with E-state index in [-0.39, 0.29) is 5.91 Å². The first-order valence-corrected chi connectivity index (χ1v) is 7.23. The first-order chi connectivity index (χ1) is 7.63. The van der Waals surface area contributed by atoms with Crippen LogP contribution in [0, 0.1) is 0 Å². The third kappa shape index (κ3) is 4.85. The Balaban J connectivity index is 2.46. The normalized spacial score (nSPS) is 10.2. The number of unbranched alkanes of at least 4 members (excludes halogenated alkanes) is 1. The Morgan fingerprint density at radius 1 is 1.38 bits per heavy atom. The van der Waals surface area contributed by atoms with Crippen molar-refractivity contribution in [3.8, 4) is 0 Å². The van der Waals surface area contributed by atoms with Crippen molar-refractivity contribution in [1.29, 1.82) is 0 Å². The molecule has 0 aliphatic rings. The van der Waals surface area contributed by atoms with Gasteiger partial charge >= 0.3 is 0 Å². The summed E-state index contributed by atoms with van der Waals surface area (Å²) in [6, 6.07) is 5.36. The Morgan fingerprint density at radius 3 is 2.75 bits per heavy atom. The number of hydrogen-bond acceptors (Lipinski definition) is 1. The maximum atomic E-state index is 11.5. The molecule has 1 rings (SSSR count). The fourth-order valence-electron chi connectivity index (χ4n) is 1.18. The molecule has 0 saturated carbocycles. The molecule has 0 unspecified atom stereocenters. The van der Waals surface area contributed by atoms with Gasteiger partial charge in [-0.25, -0.2) is 0 Å². The average Bonchev–Trinajstić information content (AvgIpc) is 2.24. The number of rotatable bonds is 5. The maximum Gasteiger partial charge on any atom is 0.224 e. The fourth-order valence-corrected chi connectivity index (χ4v) is 2.00. The highest BCUT2D eigenvalue weighted by atomic mass is 79.9. The molecule has 0 aliphatic carbocycles. The second-order valence-electron chi connectivity index (χ2n) is 3.32. The van der Waals surface area contributed by atoms with Crippen LogP contribution in [0.2, 0.25) is 5.02 Å². The summed E-state index contributed by atoms with van der Waals surface area (Å²) in [5, 5.41) is 4.34. The predicted octanol–water partition coefficient (Wildman–Crippen LogP) is 4.61. The summed E-state index contributed by atoms with van der Waals surface area (Å²) < 4.78 is 0.825. The lowest BCUT2D eigenvalue weighted by atomic mass is 10.2. The molecule has 0 bridgehead atoms. The Labute approximate surface area is 117 Å². The summed E-state index contributed by atoms with van der Waals surface area (Å²) in [5.74, 6) is 0.0272. The van der Waals surface area contributed by atoms with Gasteiger partial charge in [0.05, 0.1) is 5.02 Å². The van der Waals surface area contributed by atoms with Crippen LogP contribution in [0.3, 0.4) is 0 Å². The van der Waals surface area contributed by atoms with Crippen LogP contribution in [-0.4, -0.2) is 11.2 Å². The van der Waals surface area contributed by atoms with E-state index in [9.17, 15) is 4.79 Å². The van der Waals surface area contributed by atoms with Crippen LogP contribution < -0.4 is 5.32 Å².